The van der Waals surface area contributed by atoms with Crippen LogP contribution in [0, 0.1) is 0 Å². The van der Waals surface area contributed by atoms with Crippen molar-refractivity contribution in [3.8, 4) is 0 Å². The first-order chi connectivity index (χ1) is 13.7. The molecular formula is C22H41IN6. The molecule has 1 aromatic rings. The Morgan fingerprint density at radius 2 is 1.86 bits per heavy atom. The van der Waals surface area contributed by atoms with E-state index in [1.807, 2.05) is 11.7 Å². The fourth-order valence-corrected chi connectivity index (χ4v) is 5.06. The zero-order valence-corrected chi connectivity index (χ0v) is 21.2. The van der Waals surface area contributed by atoms with Gasteiger partial charge >= 0.3 is 0 Å². The number of aryl methyl sites for hydroxylation is 2. The van der Waals surface area contributed by atoms with Crippen LogP contribution in [0.2, 0.25) is 0 Å². The van der Waals surface area contributed by atoms with Gasteiger partial charge in [-0.1, -0.05) is 33.1 Å². The summed E-state index contributed by atoms with van der Waals surface area (Å²) in [7, 11) is 3.93. The van der Waals surface area contributed by atoms with E-state index in [0.717, 1.165) is 37.9 Å². The lowest BCUT2D eigenvalue weighted by Gasteiger charge is -2.40. The quantitative estimate of drug-likeness (QED) is 0.345. The van der Waals surface area contributed by atoms with Gasteiger partial charge in [0.1, 0.15) is 0 Å². The molecular weight excluding hydrogens is 475 g/mol. The number of nitrogens with zero attached hydrogens (tertiary/aromatic N) is 4. The predicted octanol–water partition coefficient (Wildman–Crippen LogP) is 3.63. The molecule has 1 aromatic heterocycles. The van der Waals surface area contributed by atoms with Crippen molar-refractivity contribution in [2.45, 2.75) is 90.3 Å². The van der Waals surface area contributed by atoms with E-state index >= 15 is 0 Å². The Labute approximate surface area is 194 Å². The molecule has 0 bridgehead atoms. The van der Waals surface area contributed by atoms with Crippen LogP contribution in [-0.4, -0.2) is 52.9 Å². The molecule has 0 spiro atoms. The van der Waals surface area contributed by atoms with Crippen LogP contribution >= 0.6 is 24.0 Å². The summed E-state index contributed by atoms with van der Waals surface area (Å²) >= 11 is 0. The van der Waals surface area contributed by atoms with E-state index in [2.05, 4.69) is 41.4 Å². The monoisotopic (exact) mass is 516 g/mol. The molecule has 29 heavy (non-hydrogen) atoms. The molecule has 0 amide bonds. The smallest absolute Gasteiger partial charge is 0.191 e. The van der Waals surface area contributed by atoms with Crippen LogP contribution in [0.5, 0.6) is 0 Å². The second-order valence-corrected chi connectivity index (χ2v) is 8.40. The number of hydrogen-bond donors (Lipinski definition) is 2. The first-order valence-electron chi connectivity index (χ1n) is 11.4. The zero-order chi connectivity index (χ0) is 19.9. The van der Waals surface area contributed by atoms with E-state index in [-0.39, 0.29) is 24.0 Å². The molecule has 1 aliphatic heterocycles. The van der Waals surface area contributed by atoms with Crippen LogP contribution in [0.15, 0.2) is 4.99 Å². The maximum atomic E-state index is 4.69. The summed E-state index contributed by atoms with van der Waals surface area (Å²) < 4.78 is 2.04. The number of nitrogens with one attached hydrogen (secondary N) is 2. The molecule has 2 aliphatic rings. The highest BCUT2D eigenvalue weighted by molar-refractivity contribution is 14.0. The lowest BCUT2D eigenvalue weighted by molar-refractivity contribution is 0.115. The van der Waals surface area contributed by atoms with Crippen LogP contribution in [0.4, 0.5) is 0 Å². The molecule has 1 unspecified atom stereocenters. The molecule has 1 atom stereocenters. The summed E-state index contributed by atoms with van der Waals surface area (Å²) in [5.41, 5.74) is 3.85. The first kappa shape index (κ1) is 24.4. The van der Waals surface area contributed by atoms with Gasteiger partial charge < -0.3 is 10.6 Å². The summed E-state index contributed by atoms with van der Waals surface area (Å²) in [6.07, 6.45) is 11.5. The summed E-state index contributed by atoms with van der Waals surface area (Å²) in [5.74, 6) is 0.920. The Morgan fingerprint density at radius 3 is 2.52 bits per heavy atom. The third kappa shape index (κ3) is 6.32. The lowest BCUT2D eigenvalue weighted by Crippen LogP contribution is -2.53. The van der Waals surface area contributed by atoms with Crippen molar-refractivity contribution >= 4 is 29.9 Å². The minimum atomic E-state index is 0. The van der Waals surface area contributed by atoms with E-state index in [1.165, 1.54) is 68.4 Å². The van der Waals surface area contributed by atoms with E-state index in [9.17, 15) is 0 Å². The number of likely N-dealkylation sites (tertiary alicyclic amines) is 1. The molecule has 1 aliphatic carbocycles. The van der Waals surface area contributed by atoms with Gasteiger partial charge in [-0.05, 0) is 45.1 Å². The average molecular weight is 517 g/mol. The highest BCUT2D eigenvalue weighted by atomic mass is 127. The Hall–Kier alpha value is -0.830. The van der Waals surface area contributed by atoms with Crippen LogP contribution in [0.25, 0.3) is 0 Å². The SMILES string of the molecule is CCc1nn(C)c(CC)c1CNC(=NC)NC1CCCN(C2CCCCC2)C1.I. The highest BCUT2D eigenvalue weighted by Gasteiger charge is 2.27. The molecule has 2 fully saturated rings. The molecule has 166 valence electrons. The highest BCUT2D eigenvalue weighted by Crippen LogP contribution is 2.25. The van der Waals surface area contributed by atoms with Gasteiger partial charge in [0, 0.05) is 50.5 Å². The fourth-order valence-electron chi connectivity index (χ4n) is 5.06. The van der Waals surface area contributed by atoms with Crippen molar-refractivity contribution in [2.75, 3.05) is 20.1 Å². The van der Waals surface area contributed by atoms with Crippen LogP contribution in [0.3, 0.4) is 0 Å². The standard InChI is InChI=1S/C22H40N6.HI/c1-5-20-19(21(6-2)27(4)26-20)15-24-22(23-3)25-17-11-10-14-28(16-17)18-12-8-7-9-13-18;/h17-18H,5-16H2,1-4H3,(H2,23,24,25);1H. The van der Waals surface area contributed by atoms with Crippen LogP contribution < -0.4 is 10.6 Å². The van der Waals surface area contributed by atoms with Gasteiger partial charge in [-0.2, -0.15) is 5.10 Å². The molecule has 6 nitrogen and oxygen atoms in total. The summed E-state index contributed by atoms with van der Waals surface area (Å²) in [5, 5.41) is 11.9. The van der Waals surface area contributed by atoms with Crippen LogP contribution in [-0.2, 0) is 26.4 Å². The van der Waals surface area contributed by atoms with Gasteiger partial charge in [0.2, 0.25) is 0 Å². The number of aromatic nitrogens is 2. The second-order valence-electron chi connectivity index (χ2n) is 8.40. The van der Waals surface area contributed by atoms with Crippen LogP contribution in [0.1, 0.15) is 75.7 Å². The Morgan fingerprint density at radius 1 is 1.10 bits per heavy atom. The van der Waals surface area contributed by atoms with Gasteiger partial charge in [0.15, 0.2) is 5.96 Å². The number of piperidine rings is 1. The molecule has 2 N–H and O–H groups in total. The Balaban J connectivity index is 0.00000300. The molecule has 0 radical (unpaired) electrons. The van der Waals surface area contributed by atoms with E-state index in [4.69, 9.17) is 5.10 Å². The molecule has 3 rings (SSSR count). The number of guanidine groups is 1. The lowest BCUT2D eigenvalue weighted by atomic mass is 9.92. The van der Waals surface area contributed by atoms with E-state index in [0.29, 0.717) is 6.04 Å². The number of rotatable bonds is 6. The minimum Gasteiger partial charge on any atom is -0.352 e. The number of aliphatic imine (C=N–C) groups is 1. The fraction of sp³-hybridized carbons (Fsp3) is 0.818. The average Bonchev–Trinajstić information content (AvgIpc) is 3.06. The largest absolute Gasteiger partial charge is 0.352 e. The molecule has 0 aromatic carbocycles. The van der Waals surface area contributed by atoms with Crippen molar-refractivity contribution < 1.29 is 0 Å². The predicted molar refractivity (Wildman–Crippen MR) is 132 cm³/mol. The summed E-state index contributed by atoms with van der Waals surface area (Å²) in [4.78, 5) is 7.24. The molecule has 1 saturated carbocycles. The third-order valence-electron chi connectivity index (χ3n) is 6.57. The van der Waals surface area contributed by atoms with E-state index < -0.39 is 0 Å². The van der Waals surface area contributed by atoms with Crippen molar-refractivity contribution in [1.82, 2.24) is 25.3 Å². The zero-order valence-electron chi connectivity index (χ0n) is 18.8. The normalized spacial score (nSPS) is 21.7. The summed E-state index contributed by atoms with van der Waals surface area (Å²) in [6.45, 7) is 7.59. The summed E-state index contributed by atoms with van der Waals surface area (Å²) in [6, 6.07) is 1.30. The maximum Gasteiger partial charge on any atom is 0.191 e. The van der Waals surface area contributed by atoms with Crippen molar-refractivity contribution in [2.24, 2.45) is 12.0 Å². The molecule has 1 saturated heterocycles. The third-order valence-corrected chi connectivity index (χ3v) is 6.57. The van der Waals surface area contributed by atoms with Crippen molar-refractivity contribution in [1.29, 1.82) is 0 Å². The van der Waals surface area contributed by atoms with Gasteiger partial charge in [-0.3, -0.25) is 14.6 Å². The molecule has 7 heteroatoms. The topological polar surface area (TPSA) is 57.5 Å². The van der Waals surface area contributed by atoms with E-state index in [1.54, 1.807) is 0 Å². The number of halogens is 1. The minimum absolute atomic E-state index is 0. The first-order valence-corrected chi connectivity index (χ1v) is 11.4. The van der Waals surface area contributed by atoms with Gasteiger partial charge in [0.25, 0.3) is 0 Å². The Kier molecular flexibility index (Phi) is 10.2. The van der Waals surface area contributed by atoms with Gasteiger partial charge in [-0.25, -0.2) is 0 Å². The molecule has 2 heterocycles. The van der Waals surface area contributed by atoms with Gasteiger partial charge in [0.05, 0.1) is 5.69 Å². The van der Waals surface area contributed by atoms with Crippen molar-refractivity contribution in [3.63, 3.8) is 0 Å². The van der Waals surface area contributed by atoms with Gasteiger partial charge in [-0.15, -0.1) is 24.0 Å². The number of hydrogen-bond acceptors (Lipinski definition) is 3. The van der Waals surface area contributed by atoms with Crippen molar-refractivity contribution in [3.05, 3.63) is 17.0 Å². The maximum absolute atomic E-state index is 4.69. The Bertz CT molecular complexity index is 650. The second kappa shape index (κ2) is 12.1.